The van der Waals surface area contributed by atoms with E-state index in [9.17, 15) is 30.3 Å². The molecule has 1 saturated heterocycles. The Hall–Kier alpha value is -1.86. The van der Waals surface area contributed by atoms with Crippen molar-refractivity contribution in [2.75, 3.05) is 19.6 Å². The second-order valence-corrected chi connectivity index (χ2v) is 13.3. The molecule has 43 heavy (non-hydrogen) atoms. The van der Waals surface area contributed by atoms with E-state index in [0.29, 0.717) is 37.7 Å². The minimum Gasteiger partial charge on any atom is -0.459 e. The van der Waals surface area contributed by atoms with E-state index in [-0.39, 0.29) is 18.8 Å². The summed E-state index contributed by atoms with van der Waals surface area (Å²) in [6, 6.07) is 9.40. The van der Waals surface area contributed by atoms with Crippen LogP contribution in [0.4, 0.5) is 0 Å². The molecule has 11 heteroatoms. The van der Waals surface area contributed by atoms with Crippen LogP contribution in [-0.4, -0.2) is 103 Å². The maximum atomic E-state index is 13.0. The number of esters is 1. The Labute approximate surface area is 262 Å². The molecule has 0 aliphatic carbocycles. The van der Waals surface area contributed by atoms with Gasteiger partial charge in [0.05, 0.1) is 23.7 Å². The summed E-state index contributed by atoms with van der Waals surface area (Å²) in [6.45, 7) is 13.8. The highest BCUT2D eigenvalue weighted by atomic mass is 32.1. The number of aliphatic hydroxyl groups is 5. The lowest BCUT2D eigenvalue weighted by Gasteiger charge is -2.43. The molecular weight excluding hydrogens is 570 g/mol. The van der Waals surface area contributed by atoms with Gasteiger partial charge >= 0.3 is 5.97 Å². The molecular formula is C32H55N3O7S. The molecule has 1 heterocycles. The van der Waals surface area contributed by atoms with Crippen molar-refractivity contribution in [3.63, 3.8) is 0 Å². The lowest BCUT2D eigenvalue weighted by atomic mass is 9.78. The van der Waals surface area contributed by atoms with Crippen molar-refractivity contribution in [1.82, 2.24) is 15.5 Å². The summed E-state index contributed by atoms with van der Waals surface area (Å²) in [5, 5.41) is 63.2. The fourth-order valence-electron chi connectivity index (χ4n) is 6.17. The maximum absolute atomic E-state index is 13.0. The van der Waals surface area contributed by atoms with Crippen LogP contribution in [0.1, 0.15) is 73.3 Å². The molecule has 1 aliphatic heterocycles. The van der Waals surface area contributed by atoms with Crippen LogP contribution < -0.4 is 10.6 Å². The van der Waals surface area contributed by atoms with Gasteiger partial charge in [-0.1, -0.05) is 51.1 Å². The summed E-state index contributed by atoms with van der Waals surface area (Å²) in [7, 11) is 0. The van der Waals surface area contributed by atoms with Crippen molar-refractivity contribution in [3.05, 3.63) is 35.9 Å². The highest BCUT2D eigenvalue weighted by molar-refractivity contribution is 7.80. The fraction of sp³-hybridized carbons (Fsp3) is 0.750. The summed E-state index contributed by atoms with van der Waals surface area (Å²) in [4.78, 5) is 15.1. The molecule has 0 radical (unpaired) electrons. The van der Waals surface area contributed by atoms with Gasteiger partial charge in [0, 0.05) is 38.1 Å². The normalized spacial score (nSPS) is 37.1. The third kappa shape index (κ3) is 10.3. The zero-order chi connectivity index (χ0) is 32.5. The van der Waals surface area contributed by atoms with E-state index in [4.69, 9.17) is 17.0 Å². The van der Waals surface area contributed by atoms with Crippen molar-refractivity contribution in [3.8, 4) is 0 Å². The summed E-state index contributed by atoms with van der Waals surface area (Å²) in [5.74, 6) is -2.74. The summed E-state index contributed by atoms with van der Waals surface area (Å²) >= 11 is 5.43. The number of benzene rings is 1. The van der Waals surface area contributed by atoms with Gasteiger partial charge in [0.25, 0.3) is 0 Å². The second-order valence-electron chi connectivity index (χ2n) is 12.9. The molecule has 0 aromatic heterocycles. The SMILES string of the molecule is CC[C@H]1OC(=O)[C@H](C)[C@@H](O)[C@H](C)[C@@H](O)[C@](C)(O)C[C@@H](C)CN(CCCNC(=S)NCc2ccccc2)[C@H](C)[C@@H](O)[C@]1(C)O. The lowest BCUT2D eigenvalue weighted by Crippen LogP contribution is -2.59. The third-order valence-corrected chi connectivity index (χ3v) is 9.27. The minimum absolute atomic E-state index is 0.127. The molecule has 1 fully saturated rings. The molecule has 0 bridgehead atoms. The molecule has 246 valence electrons. The van der Waals surface area contributed by atoms with Crippen LogP contribution in [0.2, 0.25) is 0 Å². The summed E-state index contributed by atoms with van der Waals surface area (Å²) < 4.78 is 5.66. The predicted molar refractivity (Wildman–Crippen MR) is 171 cm³/mol. The molecule has 10 atom stereocenters. The van der Waals surface area contributed by atoms with E-state index in [1.54, 1.807) is 13.8 Å². The monoisotopic (exact) mass is 625 g/mol. The predicted octanol–water partition coefficient (Wildman–Crippen LogP) is 1.95. The van der Waals surface area contributed by atoms with Gasteiger partial charge in [-0.25, -0.2) is 0 Å². The average molecular weight is 626 g/mol. The first-order valence-electron chi connectivity index (χ1n) is 15.5. The third-order valence-electron chi connectivity index (χ3n) is 8.98. The molecule has 0 unspecified atom stereocenters. The number of hydrogen-bond acceptors (Lipinski definition) is 9. The molecule has 0 spiro atoms. The first-order chi connectivity index (χ1) is 20.0. The number of cyclic esters (lactones) is 1. The molecule has 0 saturated carbocycles. The van der Waals surface area contributed by atoms with Crippen LogP contribution in [0.25, 0.3) is 0 Å². The standard InChI is InChI=1S/C32H55N3O7S/c1-8-25-32(7,41)28(38)23(5)35(16-12-15-33-30(43)34-18-24-13-10-9-11-14-24)19-20(2)17-31(6,40)27(37)21(3)26(36)22(4)29(39)42-25/h9-11,13-14,20-23,25-28,36-38,40-41H,8,12,15-19H2,1-7H3,(H2,33,34,43)/t20-,21+,22-,23-,25-,26+,27-,28-,31-,32-/m1/s1. The highest BCUT2D eigenvalue weighted by Gasteiger charge is 2.47. The van der Waals surface area contributed by atoms with Gasteiger partial charge in [0.1, 0.15) is 17.8 Å². The maximum Gasteiger partial charge on any atom is 0.311 e. The van der Waals surface area contributed by atoms with E-state index >= 15 is 0 Å². The number of hydrogen-bond donors (Lipinski definition) is 7. The smallest absolute Gasteiger partial charge is 0.311 e. The Bertz CT molecular complexity index is 1010. The largest absolute Gasteiger partial charge is 0.459 e. The average Bonchev–Trinajstić information content (AvgIpc) is 2.97. The van der Waals surface area contributed by atoms with Crippen molar-refractivity contribution in [1.29, 1.82) is 0 Å². The summed E-state index contributed by atoms with van der Waals surface area (Å²) in [6.07, 6.45) is -3.79. The van der Waals surface area contributed by atoms with Crippen LogP contribution in [0.15, 0.2) is 30.3 Å². The van der Waals surface area contributed by atoms with E-state index in [1.165, 1.54) is 20.8 Å². The Morgan fingerprint density at radius 3 is 2.28 bits per heavy atom. The van der Waals surface area contributed by atoms with Crippen LogP contribution in [0.3, 0.4) is 0 Å². The number of carbonyl (C=O) groups is 1. The van der Waals surface area contributed by atoms with E-state index in [0.717, 1.165) is 5.56 Å². The zero-order valence-corrected chi connectivity index (χ0v) is 27.7. The Morgan fingerprint density at radius 2 is 1.67 bits per heavy atom. The van der Waals surface area contributed by atoms with Crippen LogP contribution >= 0.6 is 12.2 Å². The molecule has 1 aliphatic rings. The number of aliphatic hydroxyl groups excluding tert-OH is 3. The number of nitrogens with one attached hydrogen (secondary N) is 2. The van der Waals surface area contributed by atoms with Crippen molar-refractivity contribution in [2.45, 2.75) is 116 Å². The quantitative estimate of drug-likeness (QED) is 0.135. The zero-order valence-electron chi connectivity index (χ0n) is 26.9. The molecule has 0 amide bonds. The Kier molecular flexibility index (Phi) is 14.3. The number of nitrogens with zero attached hydrogens (tertiary/aromatic N) is 1. The van der Waals surface area contributed by atoms with Crippen molar-refractivity contribution >= 4 is 23.3 Å². The number of thiocarbonyl (C=S) groups is 1. The Morgan fingerprint density at radius 1 is 1.05 bits per heavy atom. The molecule has 7 N–H and O–H groups in total. The topological polar surface area (TPSA) is 155 Å². The van der Waals surface area contributed by atoms with E-state index < -0.39 is 59.5 Å². The van der Waals surface area contributed by atoms with Crippen LogP contribution in [0.5, 0.6) is 0 Å². The van der Waals surface area contributed by atoms with Gasteiger partial charge in [0.2, 0.25) is 0 Å². The lowest BCUT2D eigenvalue weighted by molar-refractivity contribution is -0.193. The van der Waals surface area contributed by atoms with Crippen LogP contribution in [-0.2, 0) is 16.1 Å². The minimum atomic E-state index is -1.78. The van der Waals surface area contributed by atoms with Crippen molar-refractivity contribution in [2.24, 2.45) is 17.8 Å². The first kappa shape index (κ1) is 37.3. The number of ether oxygens (including phenoxy) is 1. The fourth-order valence-corrected chi connectivity index (χ4v) is 6.34. The summed E-state index contributed by atoms with van der Waals surface area (Å²) in [5.41, 5.74) is -2.21. The van der Waals surface area contributed by atoms with Crippen molar-refractivity contribution < 1.29 is 35.1 Å². The van der Waals surface area contributed by atoms with Gasteiger partial charge in [-0.2, -0.15) is 0 Å². The van der Waals surface area contributed by atoms with Gasteiger partial charge < -0.3 is 40.9 Å². The van der Waals surface area contributed by atoms with Gasteiger partial charge in [-0.05, 0) is 70.7 Å². The van der Waals surface area contributed by atoms with Gasteiger partial charge in [0.15, 0.2) is 5.11 Å². The highest BCUT2D eigenvalue weighted by Crippen LogP contribution is 2.32. The second kappa shape index (κ2) is 16.5. The number of carbonyl (C=O) groups excluding carboxylic acids is 1. The van der Waals surface area contributed by atoms with Gasteiger partial charge in [-0.3, -0.25) is 9.69 Å². The molecule has 2 rings (SSSR count). The molecule has 1 aromatic rings. The van der Waals surface area contributed by atoms with E-state index in [1.807, 2.05) is 49.1 Å². The van der Waals surface area contributed by atoms with E-state index in [2.05, 4.69) is 10.6 Å². The first-order valence-corrected chi connectivity index (χ1v) is 15.9. The Balaban J connectivity index is 2.22. The van der Waals surface area contributed by atoms with Crippen LogP contribution in [0, 0.1) is 17.8 Å². The molecule has 1 aromatic carbocycles. The van der Waals surface area contributed by atoms with Gasteiger partial charge in [-0.15, -0.1) is 0 Å². The number of rotatable bonds is 7. The molecule has 10 nitrogen and oxygen atoms in total.